The third kappa shape index (κ3) is 3.20. The Balaban J connectivity index is 2.08. The second-order valence-corrected chi connectivity index (χ2v) is 5.86. The van der Waals surface area contributed by atoms with E-state index in [4.69, 9.17) is 16.3 Å². The topological polar surface area (TPSA) is 32.7 Å². The van der Waals surface area contributed by atoms with Crippen LogP contribution in [0.2, 0.25) is 5.02 Å². The Kier molecular flexibility index (Phi) is 4.57. The lowest BCUT2D eigenvalue weighted by Crippen LogP contribution is -2.30. The number of phenolic OH excluding ortho intramolecular Hbond substituents is 1. The molecule has 0 atom stereocenters. The van der Waals surface area contributed by atoms with E-state index in [1.54, 1.807) is 17.0 Å². The summed E-state index contributed by atoms with van der Waals surface area (Å²) < 4.78 is 34.4. The molecular weight excluding hydrogens is 324 g/mol. The number of halogens is 3. The van der Waals surface area contributed by atoms with Gasteiger partial charge >= 0.3 is 0 Å². The number of hydrogen-bond acceptors (Lipinski definition) is 3. The number of para-hydroxylation sites is 2. The number of phenols is 1. The molecule has 1 fully saturated rings. The van der Waals surface area contributed by atoms with E-state index in [0.29, 0.717) is 13.1 Å². The molecule has 1 aliphatic rings. The summed E-state index contributed by atoms with van der Waals surface area (Å²) >= 11 is 5.76. The van der Waals surface area contributed by atoms with E-state index in [9.17, 15) is 13.9 Å². The smallest absolute Gasteiger partial charge is 0.191 e. The summed E-state index contributed by atoms with van der Waals surface area (Å²) in [6.07, 6.45) is 2.86. The molecule has 2 aromatic rings. The van der Waals surface area contributed by atoms with Crippen molar-refractivity contribution in [3.05, 3.63) is 47.0 Å². The molecule has 0 saturated carbocycles. The van der Waals surface area contributed by atoms with Gasteiger partial charge in [0.15, 0.2) is 28.9 Å². The second kappa shape index (κ2) is 6.62. The van der Waals surface area contributed by atoms with Gasteiger partial charge in [0.1, 0.15) is 5.69 Å². The average molecular weight is 340 g/mol. The zero-order valence-corrected chi connectivity index (χ0v) is 13.1. The lowest BCUT2D eigenvalue weighted by Gasteiger charge is -2.30. The minimum Gasteiger partial charge on any atom is -0.504 e. The lowest BCUT2D eigenvalue weighted by atomic mass is 10.1. The van der Waals surface area contributed by atoms with Crippen molar-refractivity contribution in [1.29, 1.82) is 0 Å². The first kappa shape index (κ1) is 15.9. The predicted octanol–water partition coefficient (Wildman–Crippen LogP) is 5.11. The van der Waals surface area contributed by atoms with Crippen molar-refractivity contribution >= 4 is 17.3 Å². The van der Waals surface area contributed by atoms with Gasteiger partial charge in [0, 0.05) is 13.1 Å². The molecule has 0 aliphatic carbocycles. The van der Waals surface area contributed by atoms with Gasteiger partial charge in [-0.05, 0) is 37.5 Å². The van der Waals surface area contributed by atoms with Crippen LogP contribution in [0.4, 0.5) is 14.5 Å². The van der Waals surface area contributed by atoms with Gasteiger partial charge in [-0.2, -0.15) is 0 Å². The van der Waals surface area contributed by atoms with Gasteiger partial charge in [-0.25, -0.2) is 8.78 Å². The van der Waals surface area contributed by atoms with E-state index in [2.05, 4.69) is 0 Å². The van der Waals surface area contributed by atoms with Crippen LogP contribution in [0, 0.1) is 11.6 Å². The number of ether oxygens (including phenoxy) is 1. The number of nitrogens with zero attached hydrogens (tertiary/aromatic N) is 1. The lowest BCUT2D eigenvalue weighted by molar-refractivity contribution is 0.392. The number of hydrogen-bond donors (Lipinski definition) is 1. The highest BCUT2D eigenvalue weighted by molar-refractivity contribution is 6.31. The predicted molar refractivity (Wildman–Crippen MR) is 85.6 cm³/mol. The molecule has 122 valence electrons. The summed E-state index contributed by atoms with van der Waals surface area (Å²) in [6.45, 7) is 1.24. The van der Waals surface area contributed by atoms with Crippen molar-refractivity contribution in [3.8, 4) is 17.2 Å². The van der Waals surface area contributed by atoms with E-state index >= 15 is 0 Å². The normalized spacial score (nSPS) is 14.8. The number of rotatable bonds is 3. The molecule has 0 unspecified atom stereocenters. The summed E-state index contributed by atoms with van der Waals surface area (Å²) in [6, 6.07) is 7.10. The molecule has 3 nitrogen and oxygen atoms in total. The fourth-order valence-corrected chi connectivity index (χ4v) is 2.90. The van der Waals surface area contributed by atoms with E-state index < -0.39 is 11.6 Å². The minimum absolute atomic E-state index is 0.0475. The Morgan fingerprint density at radius 2 is 1.78 bits per heavy atom. The number of aromatic hydroxyl groups is 1. The first-order valence-electron chi connectivity index (χ1n) is 7.46. The number of anilines is 1. The maximum Gasteiger partial charge on any atom is 0.191 e. The van der Waals surface area contributed by atoms with Crippen LogP contribution in [-0.2, 0) is 0 Å². The molecule has 3 rings (SSSR count). The average Bonchev–Trinajstić information content (AvgIpc) is 2.55. The monoisotopic (exact) mass is 339 g/mol. The van der Waals surface area contributed by atoms with Crippen molar-refractivity contribution in [3.63, 3.8) is 0 Å². The summed E-state index contributed by atoms with van der Waals surface area (Å²) in [7, 11) is 0. The Hall–Kier alpha value is -2.01. The fourth-order valence-electron chi connectivity index (χ4n) is 2.72. The number of benzene rings is 2. The van der Waals surface area contributed by atoms with Crippen molar-refractivity contribution in [2.75, 3.05) is 18.0 Å². The van der Waals surface area contributed by atoms with Crippen molar-refractivity contribution < 1.29 is 18.6 Å². The SMILES string of the molecule is Oc1ccccc1Oc1c(F)c(Cl)cc(F)c1N1CCCCC1. The standard InChI is InChI=1S/C17H16ClF2NO2/c18-11-10-12(19)16(21-8-4-1-5-9-21)17(15(11)20)23-14-7-3-2-6-13(14)22/h2-3,6-7,10,22H,1,4-5,8-9H2. The third-order valence-electron chi connectivity index (χ3n) is 3.85. The summed E-state index contributed by atoms with van der Waals surface area (Å²) in [5, 5.41) is 9.46. The first-order chi connectivity index (χ1) is 11.1. The highest BCUT2D eigenvalue weighted by atomic mass is 35.5. The molecule has 0 aromatic heterocycles. The van der Waals surface area contributed by atoms with Crippen molar-refractivity contribution in [1.82, 2.24) is 0 Å². The van der Waals surface area contributed by atoms with Gasteiger partial charge < -0.3 is 14.7 Å². The minimum atomic E-state index is -0.836. The maximum atomic E-state index is 14.5. The van der Waals surface area contributed by atoms with Crippen LogP contribution in [0.25, 0.3) is 0 Å². The molecule has 0 amide bonds. The molecule has 0 radical (unpaired) electrons. The van der Waals surface area contributed by atoms with Gasteiger partial charge in [-0.15, -0.1) is 0 Å². The van der Waals surface area contributed by atoms with Crippen LogP contribution in [0.15, 0.2) is 30.3 Å². The second-order valence-electron chi connectivity index (χ2n) is 5.45. The quantitative estimate of drug-likeness (QED) is 0.789. The molecule has 1 aliphatic heterocycles. The zero-order valence-electron chi connectivity index (χ0n) is 12.4. The molecule has 0 spiro atoms. The van der Waals surface area contributed by atoms with E-state index in [-0.39, 0.29) is 28.0 Å². The van der Waals surface area contributed by atoms with Crippen LogP contribution in [-0.4, -0.2) is 18.2 Å². The van der Waals surface area contributed by atoms with Crippen molar-refractivity contribution in [2.24, 2.45) is 0 Å². The molecule has 1 N–H and O–H groups in total. The molecule has 1 heterocycles. The van der Waals surface area contributed by atoms with E-state index in [1.807, 2.05) is 0 Å². The Morgan fingerprint density at radius 3 is 2.48 bits per heavy atom. The fraction of sp³-hybridized carbons (Fsp3) is 0.294. The van der Waals surface area contributed by atoms with E-state index in [1.165, 1.54) is 12.1 Å². The zero-order chi connectivity index (χ0) is 16.4. The Bertz CT molecular complexity index is 718. The highest BCUT2D eigenvalue weighted by Crippen LogP contribution is 2.43. The Labute approximate surface area is 138 Å². The van der Waals surface area contributed by atoms with Crippen LogP contribution in [0.3, 0.4) is 0 Å². The Morgan fingerprint density at radius 1 is 1.09 bits per heavy atom. The third-order valence-corrected chi connectivity index (χ3v) is 4.13. The molecular formula is C17H16ClF2NO2. The van der Waals surface area contributed by atoms with Gasteiger partial charge in [-0.3, -0.25) is 0 Å². The molecule has 1 saturated heterocycles. The number of piperidine rings is 1. The summed E-state index contributed by atoms with van der Waals surface area (Å²) in [5.74, 6) is -1.87. The van der Waals surface area contributed by atoms with Gasteiger partial charge in [-0.1, -0.05) is 23.7 Å². The summed E-state index contributed by atoms with van der Waals surface area (Å²) in [4.78, 5) is 1.76. The van der Waals surface area contributed by atoms with E-state index in [0.717, 1.165) is 25.3 Å². The van der Waals surface area contributed by atoms with Gasteiger partial charge in [0.25, 0.3) is 0 Å². The van der Waals surface area contributed by atoms with Crippen LogP contribution in [0.5, 0.6) is 17.2 Å². The van der Waals surface area contributed by atoms with Gasteiger partial charge in [0.05, 0.1) is 5.02 Å². The molecule has 23 heavy (non-hydrogen) atoms. The highest BCUT2D eigenvalue weighted by Gasteiger charge is 2.26. The van der Waals surface area contributed by atoms with Crippen LogP contribution in [0.1, 0.15) is 19.3 Å². The van der Waals surface area contributed by atoms with Crippen molar-refractivity contribution in [2.45, 2.75) is 19.3 Å². The molecule has 0 bridgehead atoms. The van der Waals surface area contributed by atoms with Gasteiger partial charge in [0.2, 0.25) is 0 Å². The van der Waals surface area contributed by atoms with Crippen LogP contribution >= 0.6 is 11.6 Å². The maximum absolute atomic E-state index is 14.5. The first-order valence-corrected chi connectivity index (χ1v) is 7.84. The van der Waals surface area contributed by atoms with Crippen LogP contribution < -0.4 is 9.64 Å². The molecule has 2 aromatic carbocycles. The summed E-state index contributed by atoms with van der Waals surface area (Å²) in [5.41, 5.74) is 0.0508. The largest absolute Gasteiger partial charge is 0.504 e. The molecule has 6 heteroatoms.